The minimum atomic E-state index is -0.350. The average molecular weight is 171 g/mol. The molecule has 0 heterocycles. The highest BCUT2D eigenvalue weighted by molar-refractivity contribution is 5.91. The molecule has 3 nitrogen and oxygen atoms in total. The van der Waals surface area contributed by atoms with E-state index in [0.29, 0.717) is 5.57 Å². The first-order valence-corrected chi connectivity index (χ1v) is 4.26. The van der Waals surface area contributed by atoms with Crippen LogP contribution in [0.1, 0.15) is 32.6 Å². The molecule has 0 rings (SSSR count). The fraction of sp³-hybridized carbons (Fsp3) is 0.667. The van der Waals surface area contributed by atoms with Crippen LogP contribution in [0, 0.1) is 0 Å². The van der Waals surface area contributed by atoms with Crippen LogP contribution in [0.4, 0.5) is 0 Å². The van der Waals surface area contributed by atoms with E-state index in [2.05, 4.69) is 0 Å². The number of rotatable bonds is 6. The van der Waals surface area contributed by atoms with E-state index in [0.717, 1.165) is 25.7 Å². The molecule has 0 bridgehead atoms. The molecule has 0 spiro atoms. The van der Waals surface area contributed by atoms with Crippen LogP contribution in [0.5, 0.6) is 0 Å². The fourth-order valence-electron chi connectivity index (χ4n) is 0.852. The van der Waals surface area contributed by atoms with Gasteiger partial charge in [0.25, 0.3) is 0 Å². The molecule has 0 aliphatic carbocycles. The number of aliphatic hydroxyl groups is 1. The number of allylic oxidation sites excluding steroid dienone is 1. The van der Waals surface area contributed by atoms with Crippen molar-refractivity contribution in [3.05, 3.63) is 11.6 Å². The van der Waals surface area contributed by atoms with Crippen molar-refractivity contribution in [3.63, 3.8) is 0 Å². The van der Waals surface area contributed by atoms with Crippen molar-refractivity contribution < 1.29 is 9.90 Å². The van der Waals surface area contributed by atoms with Gasteiger partial charge in [0.05, 0.1) is 0 Å². The summed E-state index contributed by atoms with van der Waals surface area (Å²) in [4.78, 5) is 10.5. The highest BCUT2D eigenvalue weighted by Gasteiger charge is 1.94. The Morgan fingerprint density at radius 1 is 1.42 bits per heavy atom. The number of aliphatic hydroxyl groups excluding tert-OH is 1. The third-order valence-corrected chi connectivity index (χ3v) is 1.70. The molecule has 0 aliphatic heterocycles. The number of nitrogens with two attached hydrogens (primary N) is 1. The van der Waals surface area contributed by atoms with Gasteiger partial charge in [-0.05, 0) is 26.2 Å². The largest absolute Gasteiger partial charge is 0.396 e. The summed E-state index contributed by atoms with van der Waals surface area (Å²) >= 11 is 0. The van der Waals surface area contributed by atoms with Gasteiger partial charge >= 0.3 is 0 Å². The van der Waals surface area contributed by atoms with Crippen LogP contribution < -0.4 is 5.73 Å². The highest BCUT2D eigenvalue weighted by Crippen LogP contribution is 2.02. The maximum atomic E-state index is 10.5. The maximum absolute atomic E-state index is 10.5. The molecule has 0 fully saturated rings. The van der Waals surface area contributed by atoms with E-state index < -0.39 is 0 Å². The molecule has 0 aromatic carbocycles. The second-order valence-corrected chi connectivity index (χ2v) is 2.82. The van der Waals surface area contributed by atoms with Crippen LogP contribution in [0.25, 0.3) is 0 Å². The number of carbonyl (C=O) groups excluding carboxylic acids is 1. The Morgan fingerprint density at radius 2 is 2.08 bits per heavy atom. The number of carbonyl (C=O) groups is 1. The van der Waals surface area contributed by atoms with Crippen LogP contribution >= 0.6 is 0 Å². The van der Waals surface area contributed by atoms with Crippen molar-refractivity contribution in [3.8, 4) is 0 Å². The van der Waals surface area contributed by atoms with Gasteiger partial charge in [0.2, 0.25) is 5.91 Å². The van der Waals surface area contributed by atoms with Crippen LogP contribution in [0.2, 0.25) is 0 Å². The maximum Gasteiger partial charge on any atom is 0.244 e. The van der Waals surface area contributed by atoms with Crippen molar-refractivity contribution in [2.24, 2.45) is 5.73 Å². The third kappa shape index (κ3) is 5.92. The SMILES string of the molecule is C/C(=C\CCCCCO)C(N)=O. The molecule has 3 heteroatoms. The highest BCUT2D eigenvalue weighted by atomic mass is 16.2. The Bertz CT molecular complexity index is 164. The van der Waals surface area contributed by atoms with E-state index >= 15 is 0 Å². The average Bonchev–Trinajstić information content (AvgIpc) is 2.03. The standard InChI is InChI=1S/C9H17NO2/c1-8(9(10)12)6-4-2-3-5-7-11/h6,11H,2-5,7H2,1H3,(H2,10,12)/b8-6+. The van der Waals surface area contributed by atoms with Crippen molar-refractivity contribution >= 4 is 5.91 Å². The number of amides is 1. The van der Waals surface area contributed by atoms with Gasteiger partial charge in [-0.1, -0.05) is 12.5 Å². The lowest BCUT2D eigenvalue weighted by Crippen LogP contribution is -2.11. The lowest BCUT2D eigenvalue weighted by Gasteiger charge is -1.96. The van der Waals surface area contributed by atoms with E-state index in [1.807, 2.05) is 6.08 Å². The molecular weight excluding hydrogens is 154 g/mol. The van der Waals surface area contributed by atoms with Gasteiger partial charge in [-0.25, -0.2) is 0 Å². The van der Waals surface area contributed by atoms with Crippen molar-refractivity contribution in [2.75, 3.05) is 6.61 Å². The molecule has 0 unspecified atom stereocenters. The molecule has 0 saturated carbocycles. The zero-order valence-electron chi connectivity index (χ0n) is 7.55. The number of unbranched alkanes of at least 4 members (excludes halogenated alkanes) is 3. The van der Waals surface area contributed by atoms with Crippen molar-refractivity contribution in [1.29, 1.82) is 0 Å². The predicted octanol–water partition coefficient (Wildman–Crippen LogP) is 0.971. The van der Waals surface area contributed by atoms with Gasteiger partial charge in [0.1, 0.15) is 0 Å². The van der Waals surface area contributed by atoms with Crippen LogP contribution in [0.15, 0.2) is 11.6 Å². The Balaban J connectivity index is 3.40. The number of hydrogen-bond donors (Lipinski definition) is 2. The lowest BCUT2D eigenvalue weighted by molar-refractivity contribution is -0.114. The molecular formula is C9H17NO2. The molecule has 0 aromatic rings. The molecule has 70 valence electrons. The van der Waals surface area contributed by atoms with E-state index in [1.54, 1.807) is 6.92 Å². The topological polar surface area (TPSA) is 63.3 Å². The smallest absolute Gasteiger partial charge is 0.244 e. The molecule has 12 heavy (non-hydrogen) atoms. The van der Waals surface area contributed by atoms with E-state index in [4.69, 9.17) is 10.8 Å². The first-order chi connectivity index (χ1) is 5.68. The van der Waals surface area contributed by atoms with Gasteiger partial charge in [-0.2, -0.15) is 0 Å². The molecule has 0 atom stereocenters. The van der Waals surface area contributed by atoms with Gasteiger partial charge in [0.15, 0.2) is 0 Å². The zero-order valence-corrected chi connectivity index (χ0v) is 7.55. The molecule has 0 saturated heterocycles. The van der Waals surface area contributed by atoms with E-state index in [9.17, 15) is 4.79 Å². The van der Waals surface area contributed by atoms with E-state index in [-0.39, 0.29) is 12.5 Å². The fourth-order valence-corrected chi connectivity index (χ4v) is 0.852. The zero-order chi connectivity index (χ0) is 9.40. The summed E-state index contributed by atoms with van der Waals surface area (Å²) in [6, 6.07) is 0. The first kappa shape index (κ1) is 11.2. The van der Waals surface area contributed by atoms with E-state index in [1.165, 1.54) is 0 Å². The summed E-state index contributed by atoms with van der Waals surface area (Å²) in [7, 11) is 0. The second kappa shape index (κ2) is 6.85. The van der Waals surface area contributed by atoms with Crippen molar-refractivity contribution in [2.45, 2.75) is 32.6 Å². The van der Waals surface area contributed by atoms with Gasteiger partial charge in [-0.15, -0.1) is 0 Å². The molecule has 0 radical (unpaired) electrons. The molecule has 0 aromatic heterocycles. The monoisotopic (exact) mass is 171 g/mol. The predicted molar refractivity (Wildman–Crippen MR) is 48.5 cm³/mol. The molecule has 1 amide bonds. The first-order valence-electron chi connectivity index (χ1n) is 4.26. The summed E-state index contributed by atoms with van der Waals surface area (Å²) in [6.07, 6.45) is 5.56. The Kier molecular flexibility index (Phi) is 6.38. The van der Waals surface area contributed by atoms with Crippen LogP contribution in [-0.4, -0.2) is 17.6 Å². The summed E-state index contributed by atoms with van der Waals surface area (Å²) < 4.78 is 0. The summed E-state index contributed by atoms with van der Waals surface area (Å²) in [5.74, 6) is -0.350. The summed E-state index contributed by atoms with van der Waals surface area (Å²) in [5.41, 5.74) is 5.65. The Morgan fingerprint density at radius 3 is 2.58 bits per heavy atom. The number of primary amides is 1. The minimum Gasteiger partial charge on any atom is -0.396 e. The lowest BCUT2D eigenvalue weighted by atomic mass is 10.1. The minimum absolute atomic E-state index is 0.249. The number of hydrogen-bond acceptors (Lipinski definition) is 2. The molecule has 0 aliphatic rings. The Hall–Kier alpha value is -0.830. The van der Waals surface area contributed by atoms with Gasteiger partial charge in [0, 0.05) is 12.2 Å². The van der Waals surface area contributed by atoms with Gasteiger partial charge < -0.3 is 10.8 Å². The van der Waals surface area contributed by atoms with Crippen LogP contribution in [-0.2, 0) is 4.79 Å². The quantitative estimate of drug-likeness (QED) is 0.462. The normalized spacial score (nSPS) is 11.7. The van der Waals surface area contributed by atoms with Crippen molar-refractivity contribution in [1.82, 2.24) is 0 Å². The summed E-state index contributed by atoms with van der Waals surface area (Å²) in [6.45, 7) is 1.97. The van der Waals surface area contributed by atoms with Gasteiger partial charge in [-0.3, -0.25) is 4.79 Å². The van der Waals surface area contributed by atoms with Crippen LogP contribution in [0.3, 0.4) is 0 Å². The third-order valence-electron chi connectivity index (χ3n) is 1.70. The Labute approximate surface area is 73.3 Å². The second-order valence-electron chi connectivity index (χ2n) is 2.82. The summed E-state index contributed by atoms with van der Waals surface area (Å²) in [5, 5.41) is 8.47. The molecule has 3 N–H and O–H groups in total.